The number of terminal acetylenes is 1. The van der Waals surface area contributed by atoms with E-state index in [0.29, 0.717) is 0 Å². The number of rotatable bonds is 7. The molecule has 0 aliphatic carbocycles. The van der Waals surface area contributed by atoms with Crippen molar-refractivity contribution in [1.82, 2.24) is 0 Å². The zero-order valence-corrected chi connectivity index (χ0v) is 11.5. The molecule has 0 bridgehead atoms. The third-order valence-electron chi connectivity index (χ3n) is 1.88. The fraction of sp³-hybridized carbons (Fsp3) is 0.714. The van der Waals surface area contributed by atoms with Crippen molar-refractivity contribution in [2.24, 2.45) is 0 Å². The molecule has 0 aromatic heterocycles. The van der Waals surface area contributed by atoms with Gasteiger partial charge in [-0.25, -0.2) is 0 Å². The summed E-state index contributed by atoms with van der Waals surface area (Å²) in [5.74, 6) is 8.72. The van der Waals surface area contributed by atoms with Crippen molar-refractivity contribution in [2.75, 3.05) is 0 Å². The molecule has 0 atom stereocenters. The van der Waals surface area contributed by atoms with Gasteiger partial charge in [0.2, 0.25) is 0 Å². The molecule has 2 nitrogen and oxygen atoms in total. The van der Waals surface area contributed by atoms with Gasteiger partial charge in [0.25, 0.3) is 0 Å². The van der Waals surface area contributed by atoms with E-state index in [-0.39, 0.29) is 12.2 Å². The smallest absolute Gasteiger partial charge is 0.398 e. The maximum atomic E-state index is 5.56. The van der Waals surface area contributed by atoms with Gasteiger partial charge in [0, 0.05) is 25.0 Å². The van der Waals surface area contributed by atoms with Crippen LogP contribution in [-0.4, -0.2) is 19.3 Å². The minimum Gasteiger partial charge on any atom is -0.398 e. The van der Waals surface area contributed by atoms with Crippen LogP contribution < -0.4 is 0 Å². The van der Waals surface area contributed by atoms with Gasteiger partial charge in [0.1, 0.15) is 0 Å². The van der Waals surface area contributed by atoms with Crippen molar-refractivity contribution >= 4 is 7.12 Å². The van der Waals surface area contributed by atoms with Crippen LogP contribution in [0.25, 0.3) is 0 Å². The SMILES string of the molecule is C#CCCCCC#CB(OC(C)C)OC(C)C. The van der Waals surface area contributed by atoms with Crippen LogP contribution in [0.2, 0.25) is 0 Å². The second kappa shape index (κ2) is 10.3. The van der Waals surface area contributed by atoms with Gasteiger partial charge >= 0.3 is 7.12 Å². The highest BCUT2D eigenvalue weighted by Gasteiger charge is 2.18. The Hall–Kier alpha value is -0.895. The Morgan fingerprint density at radius 2 is 1.53 bits per heavy atom. The summed E-state index contributed by atoms with van der Waals surface area (Å²) < 4.78 is 11.1. The van der Waals surface area contributed by atoms with E-state index in [1.54, 1.807) is 0 Å². The minimum atomic E-state index is -0.414. The standard InChI is InChI=1S/C14H23BO2/c1-6-7-8-9-10-11-12-15(16-13(2)3)17-14(4)5/h1,13-14H,7-10H2,2-5H3. The lowest BCUT2D eigenvalue weighted by atomic mass is 9.90. The fourth-order valence-corrected chi connectivity index (χ4v) is 1.19. The van der Waals surface area contributed by atoms with Gasteiger partial charge in [-0.15, -0.1) is 18.3 Å². The second-order valence-corrected chi connectivity index (χ2v) is 4.43. The molecule has 3 heteroatoms. The Bertz CT molecular complexity index is 271. The Kier molecular flexibility index (Phi) is 9.73. The van der Waals surface area contributed by atoms with Gasteiger partial charge < -0.3 is 9.31 Å². The third kappa shape index (κ3) is 11.4. The predicted octanol–water partition coefficient (Wildman–Crippen LogP) is 3.06. The topological polar surface area (TPSA) is 18.5 Å². The molecule has 0 fully saturated rings. The molecule has 0 radical (unpaired) electrons. The van der Waals surface area contributed by atoms with Crippen LogP contribution in [0.3, 0.4) is 0 Å². The zero-order chi connectivity index (χ0) is 13.1. The summed E-state index contributed by atoms with van der Waals surface area (Å²) in [4.78, 5) is 0. The van der Waals surface area contributed by atoms with E-state index in [4.69, 9.17) is 15.7 Å². The normalized spacial score (nSPS) is 9.94. The molecule has 0 aliphatic rings. The molecule has 0 saturated heterocycles. The van der Waals surface area contributed by atoms with Crippen LogP contribution in [0.5, 0.6) is 0 Å². The highest BCUT2D eigenvalue weighted by Crippen LogP contribution is 2.01. The first-order chi connectivity index (χ1) is 8.06. The first kappa shape index (κ1) is 16.1. The first-order valence-corrected chi connectivity index (χ1v) is 6.29. The Labute approximate surface area is 107 Å². The molecule has 94 valence electrons. The molecule has 0 spiro atoms. The van der Waals surface area contributed by atoms with Crippen molar-refractivity contribution in [3.05, 3.63) is 0 Å². The fourth-order valence-electron chi connectivity index (χ4n) is 1.19. The van der Waals surface area contributed by atoms with E-state index < -0.39 is 7.12 Å². The van der Waals surface area contributed by atoms with Crippen molar-refractivity contribution < 1.29 is 9.31 Å². The summed E-state index contributed by atoms with van der Waals surface area (Å²) in [7, 11) is -0.414. The van der Waals surface area contributed by atoms with E-state index in [1.165, 1.54) is 0 Å². The number of unbranched alkanes of at least 4 members (excludes halogenated alkanes) is 3. The molecule has 0 rings (SSSR count). The van der Waals surface area contributed by atoms with Crippen LogP contribution in [0.15, 0.2) is 0 Å². The predicted molar refractivity (Wildman–Crippen MR) is 73.3 cm³/mol. The molecule has 0 amide bonds. The zero-order valence-electron chi connectivity index (χ0n) is 11.5. The van der Waals surface area contributed by atoms with Crippen molar-refractivity contribution in [2.45, 2.75) is 65.6 Å². The van der Waals surface area contributed by atoms with Gasteiger partial charge in [0.05, 0.1) is 0 Å². The summed E-state index contributed by atoms with van der Waals surface area (Å²) >= 11 is 0. The molecule has 0 aliphatic heterocycles. The molecule has 17 heavy (non-hydrogen) atoms. The maximum absolute atomic E-state index is 5.56. The van der Waals surface area contributed by atoms with Crippen molar-refractivity contribution in [3.8, 4) is 24.1 Å². The Balaban J connectivity index is 3.96. The van der Waals surface area contributed by atoms with E-state index >= 15 is 0 Å². The maximum Gasteiger partial charge on any atom is 0.550 e. The lowest BCUT2D eigenvalue weighted by Gasteiger charge is -2.14. The molecule has 0 aromatic carbocycles. The molecular formula is C14H23BO2. The summed E-state index contributed by atoms with van der Waals surface area (Å²) in [6, 6.07) is 0. The largest absolute Gasteiger partial charge is 0.550 e. The summed E-state index contributed by atoms with van der Waals surface area (Å²) in [6.45, 7) is 7.91. The Morgan fingerprint density at radius 1 is 1.00 bits per heavy atom. The lowest BCUT2D eigenvalue weighted by molar-refractivity contribution is 0.140. The van der Waals surface area contributed by atoms with Gasteiger partial charge in [-0.1, -0.05) is 5.82 Å². The highest BCUT2D eigenvalue weighted by molar-refractivity contribution is 6.54. The molecule has 0 saturated carbocycles. The summed E-state index contributed by atoms with van der Waals surface area (Å²) in [6.07, 6.45) is 9.16. The molecular weight excluding hydrogens is 211 g/mol. The van der Waals surface area contributed by atoms with E-state index in [1.807, 2.05) is 27.7 Å². The highest BCUT2D eigenvalue weighted by atomic mass is 16.6. The van der Waals surface area contributed by atoms with Crippen molar-refractivity contribution in [1.29, 1.82) is 0 Å². The quantitative estimate of drug-likeness (QED) is 0.383. The van der Waals surface area contributed by atoms with Gasteiger partial charge in [-0.05, 0) is 40.5 Å². The van der Waals surface area contributed by atoms with E-state index in [0.717, 1.165) is 25.7 Å². The molecule has 0 heterocycles. The monoisotopic (exact) mass is 234 g/mol. The second-order valence-electron chi connectivity index (χ2n) is 4.43. The van der Waals surface area contributed by atoms with E-state index in [2.05, 4.69) is 17.7 Å². The average molecular weight is 234 g/mol. The van der Waals surface area contributed by atoms with Crippen LogP contribution in [-0.2, 0) is 9.31 Å². The molecule has 0 aromatic rings. The molecule has 0 N–H and O–H groups in total. The van der Waals surface area contributed by atoms with Gasteiger partial charge in [-0.2, -0.15) is 0 Å². The summed E-state index contributed by atoms with van der Waals surface area (Å²) in [5, 5.41) is 0. The third-order valence-corrected chi connectivity index (χ3v) is 1.88. The average Bonchev–Trinajstić information content (AvgIpc) is 2.21. The number of hydrogen-bond donors (Lipinski definition) is 0. The van der Waals surface area contributed by atoms with Crippen molar-refractivity contribution in [3.63, 3.8) is 0 Å². The first-order valence-electron chi connectivity index (χ1n) is 6.29. The molecule has 0 unspecified atom stereocenters. The summed E-state index contributed by atoms with van der Waals surface area (Å²) in [5.41, 5.74) is 0. The van der Waals surface area contributed by atoms with Gasteiger partial charge in [0.15, 0.2) is 0 Å². The van der Waals surface area contributed by atoms with E-state index in [9.17, 15) is 0 Å². The van der Waals surface area contributed by atoms with Crippen LogP contribution in [0.4, 0.5) is 0 Å². The van der Waals surface area contributed by atoms with Crippen LogP contribution in [0, 0.1) is 24.1 Å². The lowest BCUT2D eigenvalue weighted by Crippen LogP contribution is -2.28. The van der Waals surface area contributed by atoms with Crippen LogP contribution in [0.1, 0.15) is 53.4 Å². The van der Waals surface area contributed by atoms with Crippen LogP contribution >= 0.6 is 0 Å². The minimum absolute atomic E-state index is 0.120. The number of hydrogen-bond acceptors (Lipinski definition) is 2. The Morgan fingerprint density at radius 3 is 2.00 bits per heavy atom. The van der Waals surface area contributed by atoms with Gasteiger partial charge in [-0.3, -0.25) is 0 Å².